The van der Waals surface area contributed by atoms with Gasteiger partial charge in [-0.1, -0.05) is 0 Å². The van der Waals surface area contributed by atoms with E-state index in [9.17, 15) is 0 Å². The van der Waals surface area contributed by atoms with E-state index < -0.39 is 0 Å². The van der Waals surface area contributed by atoms with E-state index in [1.165, 1.54) is 0 Å². The molecule has 0 rings (SSSR count). The van der Waals surface area contributed by atoms with E-state index in [0.29, 0.717) is 0 Å². The first-order valence-corrected chi connectivity index (χ1v) is 0. The van der Waals surface area contributed by atoms with Crippen molar-refractivity contribution in [2.24, 2.45) is 0 Å². The molecule has 0 amide bonds. The summed E-state index contributed by atoms with van der Waals surface area (Å²) in [4.78, 5) is 0. The predicted octanol–water partition coefficient (Wildman–Crippen LogP) is 4.05. The Bertz CT molecular complexity index is 4.69. The first-order chi connectivity index (χ1) is 0. The van der Waals surface area contributed by atoms with Gasteiger partial charge in [0.05, 0.1) is 0 Å². The van der Waals surface area contributed by atoms with Crippen LogP contribution in [0.25, 0.3) is 0 Å². The zero-order valence-electron chi connectivity index (χ0n) is 9.50. The minimum absolute atomic E-state index is 0. The van der Waals surface area contributed by atoms with Gasteiger partial charge in [-0.05, 0) is 0 Å². The molecule has 0 atom stereocenters. The van der Waals surface area contributed by atoms with Crippen LogP contribution in [0, 0.1) is 66.8 Å². The van der Waals surface area contributed by atoms with Gasteiger partial charge in [0.15, 0.2) is 0 Å². The van der Waals surface area contributed by atoms with Crippen molar-refractivity contribution >= 4 is 0 Å². The van der Waals surface area contributed by atoms with Gasteiger partial charge in [0.2, 0.25) is 0 Å². The van der Waals surface area contributed by atoms with E-state index in [0.717, 1.165) is 0 Å². The van der Waals surface area contributed by atoms with Gasteiger partial charge < -0.3 is 66.8 Å². The average Bonchev–Trinajstić information content (AvgIpc) is 0. The Balaban J connectivity index is 0. The van der Waals surface area contributed by atoms with Crippen molar-refractivity contribution in [1.29, 1.82) is 0 Å². The third-order valence-corrected chi connectivity index (χ3v) is 0. The number of rotatable bonds is 0. The predicted molar refractivity (Wildman–Crippen MR) is 57.7 cm³/mol. The number of hydrogen-bond acceptors (Lipinski definition) is 0. The van der Waals surface area contributed by atoms with Crippen LogP contribution in [-0.4, -0.2) is 0 Å². The first-order valence-electron chi connectivity index (χ1n) is 0. The van der Waals surface area contributed by atoms with Crippen LogP contribution in [-0.2, 0) is 25.8 Å². The van der Waals surface area contributed by atoms with Crippen molar-refractivity contribution in [3.8, 4) is 0 Å². The van der Waals surface area contributed by atoms with Crippen LogP contribution in [0.2, 0.25) is 0 Å². The SMILES string of the molecule is [CH3-].[CH3-].[CH3-].[CH3-].[CH3-].[CH3-].[CH3-].[CH3-].[CH3-].[Hf]. The third-order valence-electron chi connectivity index (χ3n) is 0. The summed E-state index contributed by atoms with van der Waals surface area (Å²) in [5.41, 5.74) is 0. The maximum Gasteiger partial charge on any atom is 0 e. The number of hydrogen-bond donors (Lipinski definition) is 0. The molecule has 0 spiro atoms. The summed E-state index contributed by atoms with van der Waals surface area (Å²) >= 11 is 0. The molecule has 0 aromatic carbocycles. The Morgan fingerprint density at radius 1 is 0.200 bits per heavy atom. The van der Waals surface area contributed by atoms with E-state index in [2.05, 4.69) is 0 Å². The Morgan fingerprint density at radius 3 is 0.200 bits per heavy atom. The molecule has 10 heavy (non-hydrogen) atoms. The maximum atomic E-state index is 0. The fraction of sp³-hybridized carbons (Fsp3) is 0. The minimum atomic E-state index is 0. The zero-order chi connectivity index (χ0) is 0. The fourth-order valence-electron chi connectivity index (χ4n) is 0. The van der Waals surface area contributed by atoms with Gasteiger partial charge in [-0.25, -0.2) is 0 Å². The summed E-state index contributed by atoms with van der Waals surface area (Å²) in [5.74, 6) is 0. The summed E-state index contributed by atoms with van der Waals surface area (Å²) in [7, 11) is 0. The van der Waals surface area contributed by atoms with Crippen molar-refractivity contribution in [2.75, 3.05) is 0 Å². The molecule has 1 heteroatoms. The van der Waals surface area contributed by atoms with Crippen LogP contribution >= 0.6 is 0 Å². The second kappa shape index (κ2) is 1030. The van der Waals surface area contributed by atoms with Gasteiger partial charge in [0.1, 0.15) is 0 Å². The molecule has 0 aliphatic rings. The molecule has 0 aliphatic heterocycles. The van der Waals surface area contributed by atoms with Crippen LogP contribution in [0.1, 0.15) is 0 Å². The molecule has 0 N–H and O–H groups in total. The molecule has 0 heterocycles. The second-order valence-electron chi connectivity index (χ2n) is 0. The Morgan fingerprint density at radius 2 is 0.200 bits per heavy atom. The molecule has 0 aromatic rings. The summed E-state index contributed by atoms with van der Waals surface area (Å²) in [6, 6.07) is 0. The Hall–Kier alpha value is 0.870. The Kier molecular flexibility index (Phi) is 143000. The van der Waals surface area contributed by atoms with Crippen LogP contribution in [0.4, 0.5) is 0 Å². The third kappa shape index (κ3) is 726. The van der Waals surface area contributed by atoms with Gasteiger partial charge in [0.25, 0.3) is 0 Å². The summed E-state index contributed by atoms with van der Waals surface area (Å²) in [6.45, 7) is 0. The van der Waals surface area contributed by atoms with Crippen molar-refractivity contribution in [3.63, 3.8) is 0 Å². The van der Waals surface area contributed by atoms with E-state index >= 15 is 0 Å². The molecular weight excluding hydrogens is 287 g/mol. The van der Waals surface area contributed by atoms with Crippen molar-refractivity contribution in [3.05, 3.63) is 66.8 Å². The summed E-state index contributed by atoms with van der Waals surface area (Å²) < 4.78 is 0. The molecule has 0 fully saturated rings. The van der Waals surface area contributed by atoms with Gasteiger partial charge in [-0.15, -0.1) is 0 Å². The van der Waals surface area contributed by atoms with E-state index in [1.807, 2.05) is 0 Å². The topological polar surface area (TPSA) is 0 Å². The van der Waals surface area contributed by atoms with Crippen molar-refractivity contribution in [1.82, 2.24) is 0 Å². The molecule has 0 nitrogen and oxygen atoms in total. The largest absolute Gasteiger partial charge is 0.358 e. The molecule has 0 bridgehead atoms. The smallest absolute Gasteiger partial charge is 0 e. The van der Waals surface area contributed by atoms with Gasteiger partial charge in [0, 0.05) is 25.8 Å². The van der Waals surface area contributed by atoms with E-state index in [1.54, 1.807) is 0 Å². The van der Waals surface area contributed by atoms with Gasteiger partial charge >= 0.3 is 0 Å². The molecule has 0 unspecified atom stereocenters. The van der Waals surface area contributed by atoms with E-state index in [-0.39, 0.29) is 92.7 Å². The van der Waals surface area contributed by atoms with Crippen molar-refractivity contribution in [2.45, 2.75) is 0 Å². The quantitative estimate of drug-likeness (QED) is 0.467. The first kappa shape index (κ1) is 1400. The minimum Gasteiger partial charge on any atom is -0.358 e. The Labute approximate surface area is 92.6 Å². The monoisotopic (exact) mass is 315 g/mol. The summed E-state index contributed by atoms with van der Waals surface area (Å²) in [6.07, 6.45) is 0. The molecule has 0 aliphatic carbocycles. The van der Waals surface area contributed by atoms with Crippen LogP contribution in [0.3, 0.4) is 0 Å². The standard InChI is InChI=1S/9CH3.Hf/h9*1H3;/q9*-1;. The van der Waals surface area contributed by atoms with Crippen LogP contribution in [0.15, 0.2) is 0 Å². The fourth-order valence-corrected chi connectivity index (χ4v) is 0. The average molecular weight is 314 g/mol. The zero-order valence-corrected chi connectivity index (χ0v) is 13.1. The second-order valence-corrected chi connectivity index (χ2v) is 0. The molecule has 0 saturated heterocycles. The van der Waals surface area contributed by atoms with Gasteiger partial charge in [-0.2, -0.15) is 0 Å². The van der Waals surface area contributed by atoms with Gasteiger partial charge in [-0.3, -0.25) is 0 Å². The van der Waals surface area contributed by atoms with Crippen molar-refractivity contribution < 1.29 is 25.8 Å². The van der Waals surface area contributed by atoms with Crippen LogP contribution < -0.4 is 0 Å². The van der Waals surface area contributed by atoms with E-state index in [4.69, 9.17) is 0 Å². The van der Waals surface area contributed by atoms with Crippen LogP contribution in [0.5, 0.6) is 0 Å². The molecule has 0 radical (unpaired) electrons. The molecular formula is C9H27Hf-9. The maximum absolute atomic E-state index is 0. The molecule has 0 saturated carbocycles. The summed E-state index contributed by atoms with van der Waals surface area (Å²) in [5, 5.41) is 0. The molecule has 76 valence electrons. The normalized spacial score (nSPS) is 0. The molecule has 0 aromatic heterocycles.